The molecule has 1 fully saturated rings. The van der Waals surface area contributed by atoms with Crippen molar-refractivity contribution >= 4 is 37.5 Å². The second-order valence-electron chi connectivity index (χ2n) is 7.29. The zero-order chi connectivity index (χ0) is 21.1. The van der Waals surface area contributed by atoms with Gasteiger partial charge in [0.15, 0.2) is 0 Å². The Morgan fingerprint density at radius 3 is 2.33 bits per heavy atom. The van der Waals surface area contributed by atoms with Crippen LogP contribution < -0.4 is 4.72 Å². The summed E-state index contributed by atoms with van der Waals surface area (Å²) in [4.78, 5) is 15.2. The van der Waals surface area contributed by atoms with E-state index < -0.39 is 10.0 Å². The van der Waals surface area contributed by atoms with E-state index in [2.05, 4.69) is 20.7 Å². The zero-order valence-electron chi connectivity index (χ0n) is 16.2. The molecule has 4 rings (SSSR count). The molecule has 1 amide bonds. The van der Waals surface area contributed by atoms with Crippen molar-refractivity contribution in [3.63, 3.8) is 0 Å². The molecule has 0 bridgehead atoms. The minimum Gasteiger partial charge on any atom is -0.331 e. The van der Waals surface area contributed by atoms with E-state index in [1.807, 2.05) is 35.2 Å². The van der Waals surface area contributed by atoms with E-state index in [9.17, 15) is 13.2 Å². The van der Waals surface area contributed by atoms with Crippen LogP contribution in [0, 0.1) is 0 Å². The summed E-state index contributed by atoms with van der Waals surface area (Å²) >= 11 is 3.30. The van der Waals surface area contributed by atoms with Crippen molar-refractivity contribution in [2.45, 2.75) is 30.3 Å². The summed E-state index contributed by atoms with van der Waals surface area (Å²) in [5.41, 5.74) is 1.90. The Labute approximate surface area is 184 Å². The number of anilines is 1. The van der Waals surface area contributed by atoms with Crippen molar-refractivity contribution in [1.82, 2.24) is 4.90 Å². The van der Waals surface area contributed by atoms with Crippen LogP contribution in [0.25, 0.3) is 0 Å². The zero-order valence-corrected chi connectivity index (χ0v) is 18.6. The molecule has 0 aromatic heterocycles. The number of rotatable bonds is 7. The molecule has 3 aromatic rings. The predicted octanol–water partition coefficient (Wildman–Crippen LogP) is 5.05. The first-order valence-electron chi connectivity index (χ1n) is 9.66. The van der Waals surface area contributed by atoms with Crippen LogP contribution in [-0.4, -0.2) is 25.3 Å². The van der Waals surface area contributed by atoms with Gasteiger partial charge >= 0.3 is 0 Å². The maximum absolute atomic E-state index is 13.2. The monoisotopic (exact) mass is 484 g/mol. The average Bonchev–Trinajstić information content (AvgIpc) is 3.58. The summed E-state index contributed by atoms with van der Waals surface area (Å²) in [7, 11) is -3.74. The predicted molar refractivity (Wildman–Crippen MR) is 121 cm³/mol. The fraction of sp³-hybridized carbons (Fsp3) is 0.174. The van der Waals surface area contributed by atoms with Crippen LogP contribution in [0.3, 0.4) is 0 Å². The number of hydrogen-bond donors (Lipinski definition) is 1. The molecule has 0 unspecified atom stereocenters. The van der Waals surface area contributed by atoms with Gasteiger partial charge in [-0.05, 0) is 60.9 Å². The van der Waals surface area contributed by atoms with Crippen molar-refractivity contribution in [1.29, 1.82) is 0 Å². The lowest BCUT2D eigenvalue weighted by atomic mass is 10.1. The normalized spacial score (nSPS) is 13.6. The quantitative estimate of drug-likeness (QED) is 0.509. The van der Waals surface area contributed by atoms with Gasteiger partial charge in [0.2, 0.25) is 0 Å². The molecular formula is C23H21BrN2O3S. The molecule has 0 aliphatic heterocycles. The molecule has 154 valence electrons. The van der Waals surface area contributed by atoms with Gasteiger partial charge in [0.05, 0.1) is 4.90 Å². The fourth-order valence-electron chi connectivity index (χ4n) is 3.24. The summed E-state index contributed by atoms with van der Waals surface area (Å²) in [6.07, 6.45) is 1.99. The van der Waals surface area contributed by atoms with Gasteiger partial charge in [0.25, 0.3) is 15.9 Å². The Bertz CT molecular complexity index is 1140. The molecule has 1 N–H and O–H groups in total. The maximum Gasteiger partial charge on any atom is 0.261 e. The first-order valence-corrected chi connectivity index (χ1v) is 11.9. The van der Waals surface area contributed by atoms with Crippen LogP contribution in [0.15, 0.2) is 88.2 Å². The van der Waals surface area contributed by atoms with E-state index >= 15 is 0 Å². The van der Waals surface area contributed by atoms with Crippen molar-refractivity contribution < 1.29 is 13.2 Å². The number of amides is 1. The van der Waals surface area contributed by atoms with Gasteiger partial charge in [0, 0.05) is 28.3 Å². The number of halogens is 1. The van der Waals surface area contributed by atoms with Gasteiger partial charge in [-0.2, -0.15) is 0 Å². The van der Waals surface area contributed by atoms with E-state index in [0.717, 1.165) is 22.9 Å². The number of sulfonamides is 1. The van der Waals surface area contributed by atoms with Gasteiger partial charge in [-0.25, -0.2) is 8.42 Å². The van der Waals surface area contributed by atoms with E-state index in [1.54, 1.807) is 36.4 Å². The summed E-state index contributed by atoms with van der Waals surface area (Å²) < 4.78 is 28.7. The highest BCUT2D eigenvalue weighted by Crippen LogP contribution is 2.30. The molecule has 0 spiro atoms. The Kier molecular flexibility index (Phi) is 5.92. The molecule has 0 radical (unpaired) electrons. The molecule has 0 heterocycles. The van der Waals surface area contributed by atoms with E-state index in [1.165, 1.54) is 12.1 Å². The average molecular weight is 485 g/mol. The first kappa shape index (κ1) is 20.6. The fourth-order valence-corrected chi connectivity index (χ4v) is 4.56. The van der Waals surface area contributed by atoms with Crippen LogP contribution in [0.4, 0.5) is 5.69 Å². The van der Waals surface area contributed by atoms with E-state index in [0.29, 0.717) is 17.8 Å². The number of hydrogen-bond acceptors (Lipinski definition) is 3. The summed E-state index contributed by atoms with van der Waals surface area (Å²) in [5.74, 6) is -0.0916. The van der Waals surface area contributed by atoms with Crippen LogP contribution in [-0.2, 0) is 16.6 Å². The maximum atomic E-state index is 13.2. The van der Waals surface area contributed by atoms with Gasteiger partial charge < -0.3 is 4.90 Å². The Balaban J connectivity index is 1.54. The smallest absolute Gasteiger partial charge is 0.261 e. The Morgan fingerprint density at radius 2 is 1.67 bits per heavy atom. The number of nitrogens with zero attached hydrogens (tertiary/aromatic N) is 1. The molecule has 7 heteroatoms. The Hall–Kier alpha value is -2.64. The van der Waals surface area contributed by atoms with Crippen LogP contribution in [0.2, 0.25) is 0 Å². The third-order valence-electron chi connectivity index (χ3n) is 4.93. The second-order valence-corrected chi connectivity index (χ2v) is 9.89. The van der Waals surface area contributed by atoms with Gasteiger partial charge in [-0.3, -0.25) is 9.52 Å². The van der Waals surface area contributed by atoms with Crippen molar-refractivity contribution in [2.24, 2.45) is 0 Å². The summed E-state index contributed by atoms with van der Waals surface area (Å²) in [5, 5.41) is 0. The molecule has 3 aromatic carbocycles. The van der Waals surface area contributed by atoms with Crippen molar-refractivity contribution in [2.75, 3.05) is 4.72 Å². The lowest BCUT2D eigenvalue weighted by Crippen LogP contribution is -2.32. The van der Waals surface area contributed by atoms with Gasteiger partial charge in [-0.1, -0.05) is 52.3 Å². The van der Waals surface area contributed by atoms with Crippen LogP contribution in [0.5, 0.6) is 0 Å². The second kappa shape index (κ2) is 8.62. The molecule has 1 aliphatic carbocycles. The van der Waals surface area contributed by atoms with E-state index in [-0.39, 0.29) is 16.8 Å². The molecule has 0 atom stereocenters. The number of carbonyl (C=O) groups is 1. The van der Waals surface area contributed by atoms with Gasteiger partial charge in [-0.15, -0.1) is 0 Å². The van der Waals surface area contributed by atoms with E-state index in [4.69, 9.17) is 0 Å². The van der Waals surface area contributed by atoms with Gasteiger partial charge in [0.1, 0.15) is 0 Å². The third-order valence-corrected chi connectivity index (χ3v) is 6.86. The topological polar surface area (TPSA) is 66.5 Å². The number of benzene rings is 3. The summed E-state index contributed by atoms with van der Waals surface area (Å²) in [6, 6.07) is 23.2. The first-order chi connectivity index (χ1) is 14.4. The minimum atomic E-state index is -3.74. The van der Waals surface area contributed by atoms with Crippen LogP contribution >= 0.6 is 15.9 Å². The standard InChI is InChI=1S/C23H21BrN2O3S/c24-19-9-13-22(14-10-19)30(28,29)25-20-8-4-7-18(15-20)23(27)26(21-11-12-21)16-17-5-2-1-3-6-17/h1-10,13-15,21,25H,11-12,16H2. The van der Waals surface area contributed by atoms with Crippen LogP contribution in [0.1, 0.15) is 28.8 Å². The highest BCUT2D eigenvalue weighted by molar-refractivity contribution is 9.10. The largest absolute Gasteiger partial charge is 0.331 e. The lowest BCUT2D eigenvalue weighted by molar-refractivity contribution is 0.0730. The van der Waals surface area contributed by atoms with Crippen molar-refractivity contribution in [3.05, 3.63) is 94.5 Å². The molecule has 30 heavy (non-hydrogen) atoms. The molecular weight excluding hydrogens is 464 g/mol. The molecule has 5 nitrogen and oxygen atoms in total. The number of carbonyl (C=O) groups excluding carboxylic acids is 1. The SMILES string of the molecule is O=C(c1cccc(NS(=O)(=O)c2ccc(Br)cc2)c1)N(Cc1ccccc1)C1CC1. The lowest BCUT2D eigenvalue weighted by Gasteiger charge is -2.23. The summed E-state index contributed by atoms with van der Waals surface area (Å²) in [6.45, 7) is 0.541. The Morgan fingerprint density at radius 1 is 0.967 bits per heavy atom. The highest BCUT2D eigenvalue weighted by Gasteiger charge is 2.33. The molecule has 0 saturated heterocycles. The third kappa shape index (κ3) is 4.91. The highest BCUT2D eigenvalue weighted by atomic mass is 79.9. The molecule has 1 saturated carbocycles. The molecule has 1 aliphatic rings. The number of nitrogens with one attached hydrogen (secondary N) is 1. The minimum absolute atomic E-state index is 0.0916. The van der Waals surface area contributed by atoms with Crippen molar-refractivity contribution in [3.8, 4) is 0 Å².